The average Bonchev–Trinajstić information content (AvgIpc) is 3.04. The van der Waals surface area contributed by atoms with Crippen molar-refractivity contribution in [3.63, 3.8) is 0 Å². The van der Waals surface area contributed by atoms with Gasteiger partial charge < -0.3 is 0 Å². The highest BCUT2D eigenvalue weighted by Crippen LogP contribution is 2.21. The molecule has 1 aromatic carbocycles. The number of hydrogen-bond donors (Lipinski definition) is 1. The topological polar surface area (TPSA) is 76.9 Å². The van der Waals surface area contributed by atoms with Crippen LogP contribution in [0.4, 0.5) is 5.13 Å². The first-order valence-corrected chi connectivity index (χ1v) is 9.24. The van der Waals surface area contributed by atoms with Gasteiger partial charge >= 0.3 is 0 Å². The molecule has 0 radical (unpaired) electrons. The molecule has 3 aromatic rings. The predicted octanol–water partition coefficient (Wildman–Crippen LogP) is 4.03. The van der Waals surface area contributed by atoms with Gasteiger partial charge in [-0.25, -0.2) is 9.67 Å². The number of carbonyl (C=O) groups excluding carboxylic acids is 1. The van der Waals surface area contributed by atoms with Gasteiger partial charge in [0.25, 0.3) is 5.91 Å². The molecule has 0 aliphatic carbocycles. The molecule has 2 aromatic heterocycles. The van der Waals surface area contributed by atoms with E-state index >= 15 is 0 Å². The van der Waals surface area contributed by atoms with Gasteiger partial charge in [-0.2, -0.15) is 5.10 Å². The highest BCUT2D eigenvalue weighted by molar-refractivity contribution is 7.14. The quantitative estimate of drug-likeness (QED) is 0.732. The molecule has 0 saturated carbocycles. The standard InChI is InChI=1S/C18H17ClN4O2S/c1-10(2)14-9-26-18(20-14)21-17(25)16-15(24)8-11(3)23(22-16)13-6-4-12(19)5-7-13/h4-10H,1-3H3,(H,20,21,25). The Morgan fingerprint density at radius 3 is 2.58 bits per heavy atom. The number of thiazole rings is 1. The molecule has 134 valence electrons. The molecule has 0 fully saturated rings. The Labute approximate surface area is 159 Å². The molecule has 0 spiro atoms. The Morgan fingerprint density at radius 2 is 1.96 bits per heavy atom. The van der Waals surface area contributed by atoms with E-state index in [1.165, 1.54) is 22.1 Å². The van der Waals surface area contributed by atoms with Crippen molar-refractivity contribution in [1.82, 2.24) is 14.8 Å². The van der Waals surface area contributed by atoms with Crippen LogP contribution in [0.15, 0.2) is 40.5 Å². The number of aryl methyl sites for hydroxylation is 1. The van der Waals surface area contributed by atoms with E-state index in [9.17, 15) is 9.59 Å². The van der Waals surface area contributed by atoms with Gasteiger partial charge in [-0.05, 0) is 37.1 Å². The molecule has 3 rings (SSSR count). The molecule has 0 atom stereocenters. The first-order valence-electron chi connectivity index (χ1n) is 7.99. The fourth-order valence-electron chi connectivity index (χ4n) is 2.31. The van der Waals surface area contributed by atoms with Crippen LogP contribution in [0.5, 0.6) is 0 Å². The summed E-state index contributed by atoms with van der Waals surface area (Å²) in [5.74, 6) is -0.320. The van der Waals surface area contributed by atoms with E-state index in [0.29, 0.717) is 21.5 Å². The Balaban J connectivity index is 1.93. The lowest BCUT2D eigenvalue weighted by atomic mass is 10.2. The molecule has 6 nitrogen and oxygen atoms in total. The van der Waals surface area contributed by atoms with Crippen LogP contribution in [0.3, 0.4) is 0 Å². The summed E-state index contributed by atoms with van der Waals surface area (Å²) in [6.45, 7) is 5.79. The zero-order valence-electron chi connectivity index (χ0n) is 14.5. The number of amides is 1. The fraction of sp³-hybridized carbons (Fsp3) is 0.222. The molecular weight excluding hydrogens is 372 g/mol. The van der Waals surface area contributed by atoms with Crippen LogP contribution in [0.25, 0.3) is 5.69 Å². The second-order valence-electron chi connectivity index (χ2n) is 6.07. The molecule has 0 saturated heterocycles. The first-order chi connectivity index (χ1) is 12.3. The van der Waals surface area contributed by atoms with Gasteiger partial charge in [0, 0.05) is 22.2 Å². The number of rotatable bonds is 4. The van der Waals surface area contributed by atoms with E-state index in [1.807, 2.05) is 19.2 Å². The maximum Gasteiger partial charge on any atom is 0.281 e. The van der Waals surface area contributed by atoms with Gasteiger partial charge in [0.05, 0.1) is 11.4 Å². The molecule has 0 aliphatic heterocycles. The van der Waals surface area contributed by atoms with Crippen molar-refractivity contribution in [3.8, 4) is 5.69 Å². The van der Waals surface area contributed by atoms with E-state index in [2.05, 4.69) is 15.4 Å². The lowest BCUT2D eigenvalue weighted by Gasteiger charge is -2.11. The van der Waals surface area contributed by atoms with Crippen molar-refractivity contribution in [2.45, 2.75) is 26.7 Å². The summed E-state index contributed by atoms with van der Waals surface area (Å²) in [5, 5.41) is 9.81. The highest BCUT2D eigenvalue weighted by Gasteiger charge is 2.17. The van der Waals surface area contributed by atoms with Crippen LogP contribution in [-0.4, -0.2) is 20.7 Å². The molecule has 26 heavy (non-hydrogen) atoms. The number of nitrogens with zero attached hydrogens (tertiary/aromatic N) is 3. The van der Waals surface area contributed by atoms with Crippen LogP contribution in [-0.2, 0) is 0 Å². The van der Waals surface area contributed by atoms with E-state index in [1.54, 1.807) is 31.2 Å². The molecule has 2 heterocycles. The second kappa shape index (κ2) is 7.39. The molecule has 8 heteroatoms. The zero-order valence-corrected chi connectivity index (χ0v) is 16.1. The lowest BCUT2D eigenvalue weighted by Crippen LogP contribution is -2.26. The van der Waals surface area contributed by atoms with E-state index in [0.717, 1.165) is 5.69 Å². The molecule has 1 N–H and O–H groups in total. The third-order valence-electron chi connectivity index (χ3n) is 3.73. The minimum Gasteiger partial charge on any atom is -0.296 e. The third kappa shape index (κ3) is 3.84. The normalized spacial score (nSPS) is 11.0. The van der Waals surface area contributed by atoms with Crippen molar-refractivity contribution in [2.24, 2.45) is 0 Å². The van der Waals surface area contributed by atoms with Crippen LogP contribution >= 0.6 is 22.9 Å². The molecule has 0 unspecified atom stereocenters. The minimum atomic E-state index is -0.581. The molecule has 0 bridgehead atoms. The van der Waals surface area contributed by atoms with Crippen molar-refractivity contribution >= 4 is 34.0 Å². The number of carbonyl (C=O) groups is 1. The van der Waals surface area contributed by atoms with Crippen molar-refractivity contribution in [3.05, 3.63) is 68.0 Å². The van der Waals surface area contributed by atoms with Gasteiger partial charge in [-0.3, -0.25) is 14.9 Å². The van der Waals surface area contributed by atoms with Crippen LogP contribution in [0, 0.1) is 6.92 Å². The summed E-state index contributed by atoms with van der Waals surface area (Å²) in [4.78, 5) is 29.1. The number of halogens is 1. The van der Waals surface area contributed by atoms with Gasteiger partial charge in [0.15, 0.2) is 10.8 Å². The van der Waals surface area contributed by atoms with Gasteiger partial charge in [-0.15, -0.1) is 11.3 Å². The Hall–Kier alpha value is -2.51. The summed E-state index contributed by atoms with van der Waals surface area (Å²) in [7, 11) is 0. The SMILES string of the molecule is Cc1cc(=O)c(C(=O)Nc2nc(C(C)C)cs2)nn1-c1ccc(Cl)cc1. The highest BCUT2D eigenvalue weighted by atomic mass is 35.5. The van der Waals surface area contributed by atoms with Crippen molar-refractivity contribution in [2.75, 3.05) is 5.32 Å². The fourth-order valence-corrected chi connectivity index (χ4v) is 3.31. The van der Waals surface area contributed by atoms with Gasteiger partial charge in [0.1, 0.15) is 0 Å². The first kappa shape index (κ1) is 18.3. The van der Waals surface area contributed by atoms with E-state index < -0.39 is 11.3 Å². The number of nitrogens with one attached hydrogen (secondary N) is 1. The minimum absolute atomic E-state index is 0.188. The predicted molar refractivity (Wildman–Crippen MR) is 104 cm³/mol. The summed E-state index contributed by atoms with van der Waals surface area (Å²) < 4.78 is 1.54. The Kier molecular flexibility index (Phi) is 5.20. The smallest absolute Gasteiger partial charge is 0.281 e. The van der Waals surface area contributed by atoms with E-state index in [4.69, 9.17) is 11.6 Å². The van der Waals surface area contributed by atoms with Gasteiger partial charge in [0.2, 0.25) is 5.43 Å². The van der Waals surface area contributed by atoms with E-state index in [-0.39, 0.29) is 11.6 Å². The summed E-state index contributed by atoms with van der Waals surface area (Å²) in [5.41, 5.74) is 1.58. The molecular formula is C18H17ClN4O2S. The zero-order chi connectivity index (χ0) is 18.8. The van der Waals surface area contributed by atoms with Crippen LogP contribution in [0.2, 0.25) is 5.02 Å². The lowest BCUT2D eigenvalue weighted by molar-refractivity contribution is 0.101. The molecule has 0 aliphatic rings. The number of anilines is 1. The number of benzene rings is 1. The van der Waals surface area contributed by atoms with Crippen LogP contribution < -0.4 is 10.7 Å². The van der Waals surface area contributed by atoms with Crippen molar-refractivity contribution in [1.29, 1.82) is 0 Å². The average molecular weight is 389 g/mol. The monoisotopic (exact) mass is 388 g/mol. The summed E-state index contributed by atoms with van der Waals surface area (Å²) >= 11 is 7.23. The largest absolute Gasteiger partial charge is 0.296 e. The van der Waals surface area contributed by atoms with Crippen molar-refractivity contribution < 1.29 is 4.79 Å². The second-order valence-corrected chi connectivity index (χ2v) is 7.37. The summed E-state index contributed by atoms with van der Waals surface area (Å²) in [6.07, 6.45) is 0. The Bertz CT molecular complexity index is 1010. The third-order valence-corrected chi connectivity index (χ3v) is 4.76. The maximum atomic E-state index is 12.5. The maximum absolute atomic E-state index is 12.5. The number of aromatic nitrogens is 3. The molecule has 1 amide bonds. The van der Waals surface area contributed by atoms with Gasteiger partial charge in [-0.1, -0.05) is 25.4 Å². The Morgan fingerprint density at radius 1 is 1.27 bits per heavy atom. The van der Waals surface area contributed by atoms with Crippen LogP contribution in [0.1, 0.15) is 41.6 Å². The number of hydrogen-bond acceptors (Lipinski definition) is 5. The summed E-state index contributed by atoms with van der Waals surface area (Å²) in [6, 6.07) is 8.37.